The van der Waals surface area contributed by atoms with Gasteiger partial charge in [0.15, 0.2) is 5.82 Å². The predicted molar refractivity (Wildman–Crippen MR) is 67.6 cm³/mol. The summed E-state index contributed by atoms with van der Waals surface area (Å²) in [5.74, 6) is -2.28. The zero-order chi connectivity index (χ0) is 14.0. The second-order valence-electron chi connectivity index (χ2n) is 3.65. The lowest BCUT2D eigenvalue weighted by atomic mass is 10.1. The average molecular weight is 283 g/mol. The van der Waals surface area contributed by atoms with Gasteiger partial charge in [-0.3, -0.25) is 0 Å². The van der Waals surface area contributed by atoms with Gasteiger partial charge in [0.1, 0.15) is 16.5 Å². The van der Waals surface area contributed by atoms with E-state index in [0.717, 1.165) is 6.20 Å². The number of hydrogen-bond donors (Lipinski definition) is 3. The minimum atomic E-state index is -1.28. The zero-order valence-corrected chi connectivity index (χ0v) is 10.1. The first-order valence-corrected chi connectivity index (χ1v) is 5.49. The van der Waals surface area contributed by atoms with Crippen LogP contribution in [0.4, 0.5) is 15.8 Å². The van der Waals surface area contributed by atoms with Crippen molar-refractivity contribution in [3.63, 3.8) is 0 Å². The molecule has 0 unspecified atom stereocenters. The number of aromatic carboxylic acids is 1. The molecule has 7 heteroatoms. The highest BCUT2D eigenvalue weighted by atomic mass is 35.5. The molecule has 19 heavy (non-hydrogen) atoms. The van der Waals surface area contributed by atoms with E-state index in [0.29, 0.717) is 5.69 Å². The molecule has 1 heterocycles. The second kappa shape index (κ2) is 5.11. The quantitative estimate of drug-likeness (QED) is 0.595. The standard InChI is InChI=1S/C12H8ClFN2O3/c13-11-4-9(8(14)5-15-11)16-6-1-2-10(17)7(3-6)12(18)19/h1-5,17H,(H,15,16)(H,18,19). The van der Waals surface area contributed by atoms with Gasteiger partial charge in [-0.05, 0) is 18.2 Å². The average Bonchev–Trinajstić information content (AvgIpc) is 2.36. The van der Waals surface area contributed by atoms with E-state index in [4.69, 9.17) is 16.7 Å². The second-order valence-corrected chi connectivity index (χ2v) is 4.04. The Balaban J connectivity index is 2.36. The van der Waals surface area contributed by atoms with Crippen LogP contribution in [0.3, 0.4) is 0 Å². The summed E-state index contributed by atoms with van der Waals surface area (Å²) in [6.07, 6.45) is 0.948. The number of carboxylic acids is 1. The Bertz CT molecular complexity index is 649. The van der Waals surface area contributed by atoms with E-state index in [2.05, 4.69) is 10.3 Å². The van der Waals surface area contributed by atoms with Crippen LogP contribution >= 0.6 is 11.6 Å². The molecule has 0 saturated heterocycles. The number of halogens is 2. The van der Waals surface area contributed by atoms with E-state index in [1.807, 2.05) is 0 Å². The number of phenols is 1. The molecule has 0 saturated carbocycles. The highest BCUT2D eigenvalue weighted by Gasteiger charge is 2.11. The third kappa shape index (κ3) is 2.92. The van der Waals surface area contributed by atoms with Crippen LogP contribution in [0, 0.1) is 5.82 Å². The molecule has 0 spiro atoms. The molecule has 0 radical (unpaired) electrons. The maximum absolute atomic E-state index is 13.4. The first-order chi connectivity index (χ1) is 8.97. The molecule has 0 atom stereocenters. The van der Waals surface area contributed by atoms with E-state index >= 15 is 0 Å². The molecule has 1 aromatic carbocycles. The van der Waals surface area contributed by atoms with Crippen molar-refractivity contribution in [3.8, 4) is 5.75 Å². The van der Waals surface area contributed by atoms with Crippen molar-refractivity contribution in [2.24, 2.45) is 0 Å². The predicted octanol–water partition coefficient (Wildman–Crippen LogP) is 3.02. The fraction of sp³-hybridized carbons (Fsp3) is 0. The highest BCUT2D eigenvalue weighted by Crippen LogP contribution is 2.26. The van der Waals surface area contributed by atoms with E-state index in [1.54, 1.807) is 0 Å². The monoisotopic (exact) mass is 282 g/mol. The van der Waals surface area contributed by atoms with E-state index in [1.165, 1.54) is 24.3 Å². The molecule has 0 fully saturated rings. The fourth-order valence-corrected chi connectivity index (χ4v) is 1.61. The number of pyridine rings is 1. The topological polar surface area (TPSA) is 82.5 Å². The van der Waals surface area contributed by atoms with Gasteiger partial charge in [0.2, 0.25) is 0 Å². The van der Waals surface area contributed by atoms with Crippen molar-refractivity contribution in [1.82, 2.24) is 4.98 Å². The van der Waals surface area contributed by atoms with Crippen molar-refractivity contribution in [1.29, 1.82) is 0 Å². The van der Waals surface area contributed by atoms with Crippen LogP contribution < -0.4 is 5.32 Å². The lowest BCUT2D eigenvalue weighted by Crippen LogP contribution is -2.00. The first kappa shape index (κ1) is 13.1. The number of hydrogen-bond acceptors (Lipinski definition) is 4. The molecular weight excluding hydrogens is 275 g/mol. The Morgan fingerprint density at radius 3 is 2.79 bits per heavy atom. The largest absolute Gasteiger partial charge is 0.507 e. The summed E-state index contributed by atoms with van der Waals surface area (Å²) in [6, 6.07) is 5.07. The van der Waals surface area contributed by atoms with Crippen LogP contribution in [0.25, 0.3) is 0 Å². The van der Waals surface area contributed by atoms with Crippen molar-refractivity contribution >= 4 is 28.9 Å². The fourth-order valence-electron chi connectivity index (χ4n) is 1.45. The van der Waals surface area contributed by atoms with Gasteiger partial charge in [-0.25, -0.2) is 14.2 Å². The molecule has 0 aliphatic heterocycles. The number of aromatic hydroxyl groups is 1. The molecule has 0 aliphatic rings. The number of benzene rings is 1. The number of anilines is 2. The van der Waals surface area contributed by atoms with E-state index in [-0.39, 0.29) is 22.2 Å². The molecule has 0 aliphatic carbocycles. The van der Waals surface area contributed by atoms with Crippen molar-refractivity contribution in [2.45, 2.75) is 0 Å². The summed E-state index contributed by atoms with van der Waals surface area (Å²) in [6.45, 7) is 0. The maximum atomic E-state index is 13.4. The van der Waals surface area contributed by atoms with Gasteiger partial charge in [0.25, 0.3) is 0 Å². The zero-order valence-electron chi connectivity index (χ0n) is 9.39. The molecule has 2 aromatic rings. The Kier molecular flexibility index (Phi) is 3.52. The molecule has 98 valence electrons. The summed E-state index contributed by atoms with van der Waals surface area (Å²) < 4.78 is 13.4. The number of nitrogens with one attached hydrogen (secondary N) is 1. The van der Waals surface area contributed by atoms with E-state index in [9.17, 15) is 14.3 Å². The van der Waals surface area contributed by atoms with Crippen molar-refractivity contribution in [2.75, 3.05) is 5.32 Å². The molecular formula is C12H8ClFN2O3. The Morgan fingerprint density at radius 1 is 1.37 bits per heavy atom. The van der Waals surface area contributed by atoms with Gasteiger partial charge in [-0.2, -0.15) is 0 Å². The van der Waals surface area contributed by atoms with E-state index < -0.39 is 11.8 Å². The lowest BCUT2D eigenvalue weighted by Gasteiger charge is -2.09. The van der Waals surface area contributed by atoms with Gasteiger partial charge < -0.3 is 15.5 Å². The third-order valence-corrected chi connectivity index (χ3v) is 2.53. The van der Waals surface area contributed by atoms with Crippen LogP contribution in [-0.2, 0) is 0 Å². The number of aromatic nitrogens is 1. The van der Waals surface area contributed by atoms with Crippen LogP contribution in [0.15, 0.2) is 30.5 Å². The summed E-state index contributed by atoms with van der Waals surface area (Å²) >= 11 is 5.64. The van der Waals surface area contributed by atoms with Crippen LogP contribution in [0.5, 0.6) is 5.75 Å². The Hall–Kier alpha value is -2.34. The normalized spacial score (nSPS) is 10.2. The minimum absolute atomic E-state index is 0.0574. The first-order valence-electron chi connectivity index (χ1n) is 5.12. The summed E-state index contributed by atoms with van der Waals surface area (Å²) in [5.41, 5.74) is 0.0731. The number of rotatable bonds is 3. The number of carbonyl (C=O) groups is 1. The van der Waals surface area contributed by atoms with Gasteiger partial charge in [0, 0.05) is 11.8 Å². The lowest BCUT2D eigenvalue weighted by molar-refractivity contribution is 0.0694. The van der Waals surface area contributed by atoms with Crippen molar-refractivity contribution < 1.29 is 19.4 Å². The number of nitrogens with zero attached hydrogens (tertiary/aromatic N) is 1. The molecule has 2 rings (SSSR count). The van der Waals surface area contributed by atoms with Gasteiger partial charge in [-0.15, -0.1) is 0 Å². The summed E-state index contributed by atoms with van der Waals surface area (Å²) in [4.78, 5) is 14.4. The molecule has 3 N–H and O–H groups in total. The van der Waals surface area contributed by atoms with Crippen LogP contribution in [-0.4, -0.2) is 21.2 Å². The van der Waals surface area contributed by atoms with Gasteiger partial charge >= 0.3 is 5.97 Å². The summed E-state index contributed by atoms with van der Waals surface area (Å²) in [5, 5.41) is 21.0. The SMILES string of the molecule is O=C(O)c1cc(Nc2cc(Cl)ncc2F)ccc1O. The summed E-state index contributed by atoms with van der Waals surface area (Å²) in [7, 11) is 0. The third-order valence-electron chi connectivity index (χ3n) is 2.33. The van der Waals surface area contributed by atoms with Crippen LogP contribution in [0.2, 0.25) is 5.15 Å². The molecule has 1 aromatic heterocycles. The Labute approximate surface area is 112 Å². The highest BCUT2D eigenvalue weighted by molar-refractivity contribution is 6.29. The molecule has 0 bridgehead atoms. The molecule has 5 nitrogen and oxygen atoms in total. The Morgan fingerprint density at radius 2 is 2.11 bits per heavy atom. The van der Waals surface area contributed by atoms with Crippen molar-refractivity contribution in [3.05, 3.63) is 47.0 Å². The maximum Gasteiger partial charge on any atom is 0.339 e. The van der Waals surface area contributed by atoms with Crippen LogP contribution in [0.1, 0.15) is 10.4 Å². The number of carboxylic acid groups (broad SMARTS) is 1. The smallest absolute Gasteiger partial charge is 0.339 e. The van der Waals surface area contributed by atoms with Gasteiger partial charge in [-0.1, -0.05) is 11.6 Å². The molecule has 0 amide bonds. The minimum Gasteiger partial charge on any atom is -0.507 e. The van der Waals surface area contributed by atoms with Gasteiger partial charge in [0.05, 0.1) is 11.9 Å².